The van der Waals surface area contributed by atoms with Crippen molar-refractivity contribution in [3.63, 3.8) is 0 Å². The lowest BCUT2D eigenvalue weighted by molar-refractivity contribution is -0.122. The summed E-state index contributed by atoms with van der Waals surface area (Å²) in [4.78, 5) is 37.9. The monoisotopic (exact) mass is 457 g/mol. The fourth-order valence-electron chi connectivity index (χ4n) is 3.89. The molecule has 9 heteroatoms. The molecule has 4 heterocycles. The first-order valence-corrected chi connectivity index (χ1v) is 11.9. The molecule has 0 aromatic carbocycles. The first-order chi connectivity index (χ1) is 14.9. The Morgan fingerprint density at radius 2 is 1.94 bits per heavy atom. The Hall–Kier alpha value is -2.23. The van der Waals surface area contributed by atoms with Crippen LogP contribution in [-0.2, 0) is 4.79 Å². The summed E-state index contributed by atoms with van der Waals surface area (Å²) in [5.41, 5.74) is 0.872. The molecule has 4 rings (SSSR count). The number of rotatable bonds is 5. The molecule has 31 heavy (non-hydrogen) atoms. The second-order valence-corrected chi connectivity index (χ2v) is 9.87. The number of amides is 1. The minimum atomic E-state index is -0.173. The SMILES string of the molecule is CCN1CCN(c2nc3ccccn3c(=O)c2/C=C2\SC(=S)N(CC(C)C)C2=O)CC1. The molecule has 164 valence electrons. The molecule has 2 aromatic heterocycles. The van der Waals surface area contributed by atoms with Crippen molar-refractivity contribution < 1.29 is 4.79 Å². The van der Waals surface area contributed by atoms with Gasteiger partial charge >= 0.3 is 0 Å². The van der Waals surface area contributed by atoms with Crippen LogP contribution < -0.4 is 10.5 Å². The van der Waals surface area contributed by atoms with E-state index in [1.54, 1.807) is 17.2 Å². The number of nitrogens with zero attached hydrogens (tertiary/aromatic N) is 5. The second-order valence-electron chi connectivity index (χ2n) is 8.19. The van der Waals surface area contributed by atoms with Crippen LogP contribution in [0.3, 0.4) is 0 Å². The Kier molecular flexibility index (Phi) is 6.45. The summed E-state index contributed by atoms with van der Waals surface area (Å²) >= 11 is 6.69. The molecule has 2 saturated heterocycles. The predicted octanol–water partition coefficient (Wildman–Crippen LogP) is 2.69. The molecule has 2 fully saturated rings. The quantitative estimate of drug-likeness (QED) is 0.505. The number of aromatic nitrogens is 2. The number of fused-ring (bicyclic) bond motifs is 1. The van der Waals surface area contributed by atoms with E-state index in [0.29, 0.717) is 38.7 Å². The zero-order valence-corrected chi connectivity index (χ0v) is 19.7. The second kappa shape index (κ2) is 9.10. The van der Waals surface area contributed by atoms with Gasteiger partial charge in [0.2, 0.25) is 0 Å². The molecule has 0 radical (unpaired) electrons. The van der Waals surface area contributed by atoms with Crippen LogP contribution in [0.15, 0.2) is 34.1 Å². The van der Waals surface area contributed by atoms with Crippen LogP contribution >= 0.6 is 24.0 Å². The Bertz CT molecular complexity index is 1100. The lowest BCUT2D eigenvalue weighted by Gasteiger charge is -2.35. The summed E-state index contributed by atoms with van der Waals surface area (Å²) in [6, 6.07) is 5.51. The molecule has 7 nitrogen and oxygen atoms in total. The highest BCUT2D eigenvalue weighted by Gasteiger charge is 2.33. The molecule has 0 bridgehead atoms. The number of carbonyl (C=O) groups excluding carboxylic acids is 1. The lowest BCUT2D eigenvalue weighted by Crippen LogP contribution is -2.47. The summed E-state index contributed by atoms with van der Waals surface area (Å²) < 4.78 is 2.07. The van der Waals surface area contributed by atoms with Crippen molar-refractivity contribution in [3.8, 4) is 0 Å². The highest BCUT2D eigenvalue weighted by atomic mass is 32.2. The number of hydrogen-bond donors (Lipinski definition) is 0. The van der Waals surface area contributed by atoms with Crippen molar-refractivity contribution in [2.75, 3.05) is 44.2 Å². The Balaban J connectivity index is 1.79. The van der Waals surface area contributed by atoms with Crippen molar-refractivity contribution in [2.45, 2.75) is 20.8 Å². The molecule has 0 saturated carbocycles. The van der Waals surface area contributed by atoms with Crippen LogP contribution in [0.5, 0.6) is 0 Å². The molecule has 2 aliphatic rings. The average Bonchev–Trinajstić information content (AvgIpc) is 3.02. The third-order valence-electron chi connectivity index (χ3n) is 5.56. The Morgan fingerprint density at radius 1 is 1.19 bits per heavy atom. The van der Waals surface area contributed by atoms with Gasteiger partial charge in [0.1, 0.15) is 15.8 Å². The maximum Gasteiger partial charge on any atom is 0.267 e. The van der Waals surface area contributed by atoms with Crippen LogP contribution in [0.2, 0.25) is 0 Å². The number of piperazine rings is 1. The van der Waals surface area contributed by atoms with Gasteiger partial charge in [-0.05, 0) is 30.7 Å². The number of thiocarbonyl (C=S) groups is 1. The molecule has 0 unspecified atom stereocenters. The van der Waals surface area contributed by atoms with E-state index in [9.17, 15) is 9.59 Å². The van der Waals surface area contributed by atoms with Crippen LogP contribution in [0.25, 0.3) is 11.7 Å². The normalized spacial score (nSPS) is 19.4. The Morgan fingerprint density at radius 3 is 2.61 bits per heavy atom. The van der Waals surface area contributed by atoms with E-state index in [2.05, 4.69) is 30.6 Å². The summed E-state index contributed by atoms with van der Waals surface area (Å²) in [5, 5.41) is 0. The van der Waals surface area contributed by atoms with Crippen molar-refractivity contribution in [3.05, 3.63) is 45.2 Å². The first-order valence-electron chi connectivity index (χ1n) is 10.6. The van der Waals surface area contributed by atoms with Gasteiger partial charge in [-0.25, -0.2) is 4.98 Å². The third kappa shape index (κ3) is 4.40. The summed E-state index contributed by atoms with van der Waals surface area (Å²) in [6.07, 6.45) is 3.40. The third-order valence-corrected chi connectivity index (χ3v) is 6.94. The van der Waals surface area contributed by atoms with Gasteiger partial charge in [-0.2, -0.15) is 0 Å². The molecule has 1 amide bonds. The maximum absolute atomic E-state index is 13.4. The van der Waals surface area contributed by atoms with E-state index < -0.39 is 0 Å². The van der Waals surface area contributed by atoms with Crippen molar-refractivity contribution in [1.82, 2.24) is 19.2 Å². The van der Waals surface area contributed by atoms with Gasteiger partial charge in [-0.1, -0.05) is 50.8 Å². The Labute approximate surface area is 191 Å². The zero-order valence-electron chi connectivity index (χ0n) is 18.1. The molecule has 0 aliphatic carbocycles. The van der Waals surface area contributed by atoms with Gasteiger partial charge in [-0.3, -0.25) is 18.9 Å². The first kappa shape index (κ1) is 22.0. The van der Waals surface area contributed by atoms with Crippen LogP contribution in [0.1, 0.15) is 26.3 Å². The standard InChI is InChI=1S/C22H27N5O2S2/c1-4-24-9-11-25(12-10-24)19-16(20(28)26-8-6-5-7-18(26)23-19)13-17-21(29)27(14-15(2)3)22(30)31-17/h5-8,13,15H,4,9-12,14H2,1-3H3/b17-13-. The summed E-state index contributed by atoms with van der Waals surface area (Å²) in [6.45, 7) is 11.3. The lowest BCUT2D eigenvalue weighted by atomic mass is 10.2. The van der Waals surface area contributed by atoms with Gasteiger partial charge in [0, 0.05) is 38.9 Å². The van der Waals surface area contributed by atoms with Gasteiger partial charge in [-0.15, -0.1) is 0 Å². The number of pyridine rings is 1. The van der Waals surface area contributed by atoms with E-state index in [1.807, 2.05) is 18.2 Å². The van der Waals surface area contributed by atoms with E-state index in [0.717, 1.165) is 32.7 Å². The molecule has 0 atom stereocenters. The van der Waals surface area contributed by atoms with Crippen LogP contribution in [0, 0.1) is 5.92 Å². The minimum Gasteiger partial charge on any atom is -0.353 e. The molecule has 0 N–H and O–H groups in total. The largest absolute Gasteiger partial charge is 0.353 e. The van der Waals surface area contributed by atoms with Crippen molar-refractivity contribution in [1.29, 1.82) is 0 Å². The molecular formula is C22H27N5O2S2. The minimum absolute atomic E-state index is 0.136. The van der Waals surface area contributed by atoms with Crippen LogP contribution in [0.4, 0.5) is 5.82 Å². The number of likely N-dealkylation sites (N-methyl/N-ethyl adjacent to an activating group) is 1. The topological polar surface area (TPSA) is 61.2 Å². The number of carbonyl (C=O) groups is 1. The highest BCUT2D eigenvalue weighted by Crippen LogP contribution is 2.34. The van der Waals surface area contributed by atoms with Gasteiger partial charge in [0.15, 0.2) is 0 Å². The molecule has 0 spiro atoms. The smallest absolute Gasteiger partial charge is 0.267 e. The molecule has 2 aliphatic heterocycles. The van der Waals surface area contributed by atoms with E-state index in [4.69, 9.17) is 17.2 Å². The number of hydrogen-bond acceptors (Lipinski definition) is 7. The summed E-state index contributed by atoms with van der Waals surface area (Å²) in [5.74, 6) is 0.810. The van der Waals surface area contributed by atoms with Crippen molar-refractivity contribution >= 4 is 51.7 Å². The van der Waals surface area contributed by atoms with E-state index in [1.165, 1.54) is 16.2 Å². The van der Waals surface area contributed by atoms with Gasteiger partial charge in [0.25, 0.3) is 11.5 Å². The fraction of sp³-hybridized carbons (Fsp3) is 0.455. The molecule has 2 aromatic rings. The van der Waals surface area contributed by atoms with Crippen LogP contribution in [-0.4, -0.2) is 68.7 Å². The summed E-state index contributed by atoms with van der Waals surface area (Å²) in [7, 11) is 0. The number of anilines is 1. The number of thioether (sulfide) groups is 1. The molecular weight excluding hydrogens is 430 g/mol. The maximum atomic E-state index is 13.4. The van der Waals surface area contributed by atoms with Gasteiger partial charge < -0.3 is 9.80 Å². The average molecular weight is 458 g/mol. The van der Waals surface area contributed by atoms with Crippen molar-refractivity contribution in [2.24, 2.45) is 5.92 Å². The highest BCUT2D eigenvalue weighted by molar-refractivity contribution is 8.26. The zero-order chi connectivity index (χ0) is 22.1. The van der Waals surface area contributed by atoms with Gasteiger partial charge in [0.05, 0.1) is 10.5 Å². The van der Waals surface area contributed by atoms with E-state index in [-0.39, 0.29) is 11.5 Å². The van der Waals surface area contributed by atoms with E-state index >= 15 is 0 Å². The fourth-order valence-corrected chi connectivity index (χ4v) is 5.14. The predicted molar refractivity (Wildman–Crippen MR) is 131 cm³/mol.